The first-order valence-corrected chi connectivity index (χ1v) is 8.35. The van der Waals surface area contributed by atoms with E-state index in [4.69, 9.17) is 5.73 Å². The maximum atomic E-state index is 12.7. The zero-order valence-electron chi connectivity index (χ0n) is 14.0. The Morgan fingerprint density at radius 2 is 1.64 bits per heavy atom. The molecule has 5 heteroatoms. The van der Waals surface area contributed by atoms with E-state index in [9.17, 15) is 4.79 Å². The van der Waals surface area contributed by atoms with E-state index in [1.807, 2.05) is 48.5 Å². The smallest absolute Gasteiger partial charge is 0.257 e. The van der Waals surface area contributed by atoms with Gasteiger partial charge in [-0.15, -0.1) is 0 Å². The molecule has 0 amide bonds. The summed E-state index contributed by atoms with van der Waals surface area (Å²) in [5.41, 5.74) is 9.40. The summed E-state index contributed by atoms with van der Waals surface area (Å²) < 4.78 is 0. The number of anilines is 1. The molecule has 2 heterocycles. The van der Waals surface area contributed by atoms with Crippen LogP contribution in [-0.4, -0.2) is 21.9 Å². The average molecular weight is 332 g/mol. The third-order valence-corrected chi connectivity index (χ3v) is 4.91. The molecule has 0 spiro atoms. The Bertz CT molecular complexity index is 937. The molecular formula is C20H20N4O. The predicted octanol–water partition coefficient (Wildman–Crippen LogP) is 2.67. The minimum absolute atomic E-state index is 0.132. The molecule has 2 aromatic carbocycles. The van der Waals surface area contributed by atoms with Crippen LogP contribution in [0.2, 0.25) is 0 Å². The van der Waals surface area contributed by atoms with Crippen LogP contribution in [0, 0.1) is 0 Å². The number of hydrogen-bond donors (Lipinski definition) is 2. The van der Waals surface area contributed by atoms with Crippen molar-refractivity contribution in [3.8, 4) is 0 Å². The summed E-state index contributed by atoms with van der Waals surface area (Å²) in [7, 11) is 2.06. The largest absolute Gasteiger partial charge is 0.369 e. The molecule has 0 saturated heterocycles. The van der Waals surface area contributed by atoms with E-state index in [1.54, 1.807) is 0 Å². The molecule has 1 aromatic heterocycles. The molecule has 0 fully saturated rings. The average Bonchev–Trinajstić information content (AvgIpc) is 2.63. The van der Waals surface area contributed by atoms with E-state index in [0.717, 1.165) is 11.3 Å². The number of aromatic amines is 1. The molecule has 0 saturated carbocycles. The van der Waals surface area contributed by atoms with Crippen LogP contribution in [0.25, 0.3) is 0 Å². The van der Waals surface area contributed by atoms with Gasteiger partial charge in [-0.05, 0) is 18.2 Å². The van der Waals surface area contributed by atoms with Crippen molar-refractivity contribution in [1.82, 2.24) is 14.9 Å². The molecule has 3 aromatic rings. The topological polar surface area (TPSA) is 75.0 Å². The monoisotopic (exact) mass is 332 g/mol. The second-order valence-electron chi connectivity index (χ2n) is 6.42. The van der Waals surface area contributed by atoms with Crippen molar-refractivity contribution in [2.24, 2.45) is 0 Å². The second-order valence-corrected chi connectivity index (χ2v) is 6.42. The van der Waals surface area contributed by atoms with Crippen molar-refractivity contribution < 1.29 is 0 Å². The van der Waals surface area contributed by atoms with Gasteiger partial charge in [0.15, 0.2) is 0 Å². The lowest BCUT2D eigenvalue weighted by molar-refractivity contribution is 0.177. The third-order valence-electron chi connectivity index (χ3n) is 4.91. The molecular weight excluding hydrogens is 312 g/mol. The number of aromatic nitrogens is 2. The van der Waals surface area contributed by atoms with Crippen LogP contribution in [0.1, 0.15) is 34.5 Å². The Kier molecular flexibility index (Phi) is 3.86. The van der Waals surface area contributed by atoms with Crippen molar-refractivity contribution in [3.63, 3.8) is 0 Å². The van der Waals surface area contributed by atoms with Crippen LogP contribution in [0.15, 0.2) is 65.5 Å². The quantitative estimate of drug-likeness (QED) is 0.756. The third kappa shape index (κ3) is 2.72. The molecule has 0 radical (unpaired) electrons. The number of nitrogen functional groups attached to an aromatic ring is 1. The number of H-pyrrole nitrogens is 1. The standard InChI is InChI=1S/C20H20N4O/c1-24-16(13-8-4-2-5-9-13)12-15-17(19(25)23-20(21)22-15)18(24)14-10-6-3-7-11-14/h2-11,16,18H,12H2,1H3,(H3,21,22,23,25). The summed E-state index contributed by atoms with van der Waals surface area (Å²) >= 11 is 0. The van der Waals surface area contributed by atoms with Crippen LogP contribution >= 0.6 is 0 Å². The van der Waals surface area contributed by atoms with Gasteiger partial charge in [-0.2, -0.15) is 0 Å². The Morgan fingerprint density at radius 1 is 1.04 bits per heavy atom. The highest BCUT2D eigenvalue weighted by Gasteiger charge is 2.36. The number of nitrogens with one attached hydrogen (secondary N) is 1. The number of likely N-dealkylation sites (N-methyl/N-ethyl adjacent to an activating group) is 1. The van der Waals surface area contributed by atoms with Crippen molar-refractivity contribution >= 4 is 5.95 Å². The highest BCUT2D eigenvalue weighted by Crippen LogP contribution is 2.40. The Morgan fingerprint density at radius 3 is 2.28 bits per heavy atom. The minimum Gasteiger partial charge on any atom is -0.369 e. The van der Waals surface area contributed by atoms with E-state index in [1.165, 1.54) is 5.56 Å². The molecule has 3 N–H and O–H groups in total. The van der Waals surface area contributed by atoms with Gasteiger partial charge in [0.25, 0.3) is 5.56 Å². The fourth-order valence-corrected chi connectivity index (χ4v) is 3.76. The van der Waals surface area contributed by atoms with E-state index in [0.29, 0.717) is 12.0 Å². The molecule has 1 aliphatic rings. The number of benzene rings is 2. The maximum absolute atomic E-state index is 12.7. The second kappa shape index (κ2) is 6.18. The van der Waals surface area contributed by atoms with Crippen molar-refractivity contribution in [2.75, 3.05) is 12.8 Å². The van der Waals surface area contributed by atoms with Crippen LogP contribution < -0.4 is 11.3 Å². The molecule has 1 aliphatic heterocycles. The Balaban J connectivity index is 1.91. The van der Waals surface area contributed by atoms with Crippen LogP contribution in [0.3, 0.4) is 0 Å². The molecule has 126 valence electrons. The summed E-state index contributed by atoms with van der Waals surface area (Å²) in [6.07, 6.45) is 0.660. The SMILES string of the molecule is CN1C(c2ccccc2)Cc2nc(N)[nH]c(=O)c2C1c1ccccc1. The normalized spacial score (nSPS) is 20.2. The van der Waals surface area contributed by atoms with Gasteiger partial charge in [0, 0.05) is 12.5 Å². The number of rotatable bonds is 2. The molecule has 0 aliphatic carbocycles. The molecule has 2 atom stereocenters. The Hall–Kier alpha value is -2.92. The molecule has 2 unspecified atom stereocenters. The number of nitrogens with two attached hydrogens (primary N) is 1. The zero-order chi connectivity index (χ0) is 17.4. The van der Waals surface area contributed by atoms with Crippen molar-refractivity contribution in [2.45, 2.75) is 18.5 Å². The minimum atomic E-state index is -0.160. The zero-order valence-corrected chi connectivity index (χ0v) is 14.0. The van der Waals surface area contributed by atoms with Gasteiger partial charge in [0.1, 0.15) is 0 Å². The first-order valence-electron chi connectivity index (χ1n) is 8.35. The molecule has 5 nitrogen and oxygen atoms in total. The van der Waals surface area contributed by atoms with Crippen LogP contribution in [-0.2, 0) is 6.42 Å². The first-order chi connectivity index (χ1) is 12.1. The fraction of sp³-hybridized carbons (Fsp3) is 0.200. The summed E-state index contributed by atoms with van der Waals surface area (Å²) in [6, 6.07) is 20.4. The Labute approximate surface area is 146 Å². The summed E-state index contributed by atoms with van der Waals surface area (Å²) in [4.78, 5) is 22.0. The first kappa shape index (κ1) is 15.6. The highest BCUT2D eigenvalue weighted by atomic mass is 16.1. The predicted molar refractivity (Wildman–Crippen MR) is 98.2 cm³/mol. The molecule has 25 heavy (non-hydrogen) atoms. The molecule has 0 bridgehead atoms. The van der Waals surface area contributed by atoms with Crippen LogP contribution in [0.4, 0.5) is 5.95 Å². The lowest BCUT2D eigenvalue weighted by Crippen LogP contribution is -2.40. The van der Waals surface area contributed by atoms with E-state index in [-0.39, 0.29) is 23.6 Å². The van der Waals surface area contributed by atoms with E-state index < -0.39 is 0 Å². The number of hydrogen-bond acceptors (Lipinski definition) is 4. The lowest BCUT2D eigenvalue weighted by atomic mass is 9.86. The molecule has 4 rings (SSSR count). The van der Waals surface area contributed by atoms with Gasteiger partial charge < -0.3 is 5.73 Å². The van der Waals surface area contributed by atoms with Gasteiger partial charge in [-0.3, -0.25) is 14.7 Å². The fourth-order valence-electron chi connectivity index (χ4n) is 3.76. The highest BCUT2D eigenvalue weighted by molar-refractivity contribution is 5.40. The van der Waals surface area contributed by atoms with Gasteiger partial charge >= 0.3 is 0 Å². The summed E-state index contributed by atoms with van der Waals surface area (Å²) in [6.45, 7) is 0. The lowest BCUT2D eigenvalue weighted by Gasteiger charge is -2.40. The van der Waals surface area contributed by atoms with E-state index in [2.05, 4.69) is 34.0 Å². The maximum Gasteiger partial charge on any atom is 0.257 e. The summed E-state index contributed by atoms with van der Waals surface area (Å²) in [5, 5.41) is 0. The van der Waals surface area contributed by atoms with E-state index >= 15 is 0 Å². The number of nitrogens with zero attached hydrogens (tertiary/aromatic N) is 2. The van der Waals surface area contributed by atoms with Gasteiger partial charge in [-0.25, -0.2) is 4.98 Å². The summed E-state index contributed by atoms with van der Waals surface area (Å²) in [5.74, 6) is 0.173. The van der Waals surface area contributed by atoms with Crippen LogP contribution in [0.5, 0.6) is 0 Å². The van der Waals surface area contributed by atoms with Gasteiger partial charge in [-0.1, -0.05) is 60.7 Å². The van der Waals surface area contributed by atoms with Crippen molar-refractivity contribution in [1.29, 1.82) is 0 Å². The van der Waals surface area contributed by atoms with Gasteiger partial charge in [0.05, 0.1) is 17.3 Å². The van der Waals surface area contributed by atoms with Gasteiger partial charge in [0.2, 0.25) is 5.95 Å². The number of fused-ring (bicyclic) bond motifs is 1. The van der Waals surface area contributed by atoms with Crippen molar-refractivity contribution in [3.05, 3.63) is 93.4 Å².